The van der Waals surface area contributed by atoms with Crippen molar-refractivity contribution in [1.29, 1.82) is 0 Å². The van der Waals surface area contributed by atoms with Crippen LogP contribution in [0.5, 0.6) is 0 Å². The van der Waals surface area contributed by atoms with Crippen LogP contribution in [0, 0.1) is 0 Å². The number of hydrogen-bond acceptors (Lipinski definition) is 8. The first-order valence-electron chi connectivity index (χ1n) is 23.1. The van der Waals surface area contributed by atoms with Crippen molar-refractivity contribution < 1.29 is 39.8 Å². The molecular formula is C46H87NO8. The number of hydrogen-bond donors (Lipinski definition) is 6. The van der Waals surface area contributed by atoms with E-state index < -0.39 is 49.5 Å². The smallest absolute Gasteiger partial charge is 0.220 e. The largest absolute Gasteiger partial charge is 0.394 e. The van der Waals surface area contributed by atoms with Crippen molar-refractivity contribution in [1.82, 2.24) is 5.32 Å². The van der Waals surface area contributed by atoms with Gasteiger partial charge in [-0.2, -0.15) is 0 Å². The SMILES string of the molecule is CCCCCCCCC=CCCCCCCCCCCCCC(=O)NC(COC1OC(CO)C(O)C(O)C1O)C(O)C=CCCCCCCCCCCCC. The van der Waals surface area contributed by atoms with Crippen LogP contribution in [0.15, 0.2) is 24.3 Å². The lowest BCUT2D eigenvalue weighted by molar-refractivity contribution is -0.302. The summed E-state index contributed by atoms with van der Waals surface area (Å²) in [5.74, 6) is -0.179. The molecule has 0 radical (unpaired) electrons. The molecule has 7 atom stereocenters. The fraction of sp³-hybridized carbons (Fsp3) is 0.891. The molecule has 1 amide bonds. The molecule has 0 aliphatic carbocycles. The first-order chi connectivity index (χ1) is 26.8. The number of aliphatic hydroxyl groups is 5. The third kappa shape index (κ3) is 27.9. The topological polar surface area (TPSA) is 149 Å². The van der Waals surface area contributed by atoms with Gasteiger partial charge in [0.15, 0.2) is 6.29 Å². The van der Waals surface area contributed by atoms with Gasteiger partial charge in [0.25, 0.3) is 0 Å². The summed E-state index contributed by atoms with van der Waals surface area (Å²) >= 11 is 0. The Hall–Kier alpha value is -1.33. The summed E-state index contributed by atoms with van der Waals surface area (Å²) in [6.07, 6.45) is 36.5. The Morgan fingerprint density at radius 3 is 1.47 bits per heavy atom. The predicted octanol–water partition coefficient (Wildman–Crippen LogP) is 9.50. The fourth-order valence-corrected chi connectivity index (χ4v) is 7.27. The number of amides is 1. The molecule has 0 aromatic heterocycles. The minimum absolute atomic E-state index is 0.179. The first kappa shape index (κ1) is 51.7. The molecule has 0 aromatic rings. The Balaban J connectivity index is 2.31. The normalized spacial score (nSPS) is 21.5. The number of nitrogens with one attached hydrogen (secondary N) is 1. The van der Waals surface area contributed by atoms with Crippen LogP contribution in [0.4, 0.5) is 0 Å². The summed E-state index contributed by atoms with van der Waals surface area (Å²) in [6, 6.07) is -0.801. The number of allylic oxidation sites excluding steroid dienone is 3. The van der Waals surface area contributed by atoms with Crippen molar-refractivity contribution in [2.24, 2.45) is 0 Å². The van der Waals surface area contributed by atoms with E-state index in [1.165, 1.54) is 148 Å². The van der Waals surface area contributed by atoms with Crippen LogP contribution in [0.1, 0.15) is 206 Å². The highest BCUT2D eigenvalue weighted by molar-refractivity contribution is 5.76. The van der Waals surface area contributed by atoms with Crippen LogP contribution in [-0.2, 0) is 14.3 Å². The number of rotatable bonds is 38. The van der Waals surface area contributed by atoms with Gasteiger partial charge in [0.1, 0.15) is 24.4 Å². The van der Waals surface area contributed by atoms with Gasteiger partial charge < -0.3 is 40.3 Å². The second-order valence-corrected chi connectivity index (χ2v) is 16.2. The van der Waals surface area contributed by atoms with Crippen molar-refractivity contribution >= 4 is 5.91 Å². The van der Waals surface area contributed by atoms with Gasteiger partial charge in [-0.3, -0.25) is 4.79 Å². The van der Waals surface area contributed by atoms with E-state index in [4.69, 9.17) is 9.47 Å². The molecule has 0 bridgehead atoms. The van der Waals surface area contributed by atoms with Crippen molar-refractivity contribution in [2.75, 3.05) is 13.2 Å². The van der Waals surface area contributed by atoms with E-state index >= 15 is 0 Å². The third-order valence-corrected chi connectivity index (χ3v) is 11.0. The van der Waals surface area contributed by atoms with E-state index in [0.717, 1.165) is 38.5 Å². The van der Waals surface area contributed by atoms with E-state index in [9.17, 15) is 30.3 Å². The zero-order chi connectivity index (χ0) is 40.2. The summed E-state index contributed by atoms with van der Waals surface area (Å²) in [5.41, 5.74) is 0. The summed E-state index contributed by atoms with van der Waals surface area (Å²) in [6.45, 7) is 3.76. The maximum atomic E-state index is 12.9. The Bertz CT molecular complexity index is 914. The van der Waals surface area contributed by atoms with Crippen LogP contribution < -0.4 is 5.32 Å². The summed E-state index contributed by atoms with van der Waals surface area (Å²) in [5, 5.41) is 54.1. The van der Waals surface area contributed by atoms with E-state index in [0.29, 0.717) is 6.42 Å². The second kappa shape index (κ2) is 37.0. The van der Waals surface area contributed by atoms with E-state index in [1.54, 1.807) is 6.08 Å². The average molecular weight is 782 g/mol. The van der Waals surface area contributed by atoms with Gasteiger partial charge >= 0.3 is 0 Å². The number of unbranched alkanes of at least 4 members (excludes halogenated alkanes) is 26. The van der Waals surface area contributed by atoms with Gasteiger partial charge in [0, 0.05) is 6.42 Å². The maximum absolute atomic E-state index is 12.9. The van der Waals surface area contributed by atoms with Gasteiger partial charge in [0.05, 0.1) is 25.4 Å². The van der Waals surface area contributed by atoms with Crippen LogP contribution >= 0.6 is 0 Å². The van der Waals surface area contributed by atoms with Gasteiger partial charge in [-0.1, -0.05) is 179 Å². The molecule has 1 heterocycles. The van der Waals surface area contributed by atoms with Crippen molar-refractivity contribution in [2.45, 2.75) is 249 Å². The molecule has 1 rings (SSSR count). The fourth-order valence-electron chi connectivity index (χ4n) is 7.27. The summed E-state index contributed by atoms with van der Waals surface area (Å²) in [4.78, 5) is 12.9. The minimum Gasteiger partial charge on any atom is -0.394 e. The van der Waals surface area contributed by atoms with E-state index in [1.807, 2.05) is 6.08 Å². The predicted molar refractivity (Wildman–Crippen MR) is 226 cm³/mol. The number of ether oxygens (including phenoxy) is 2. The standard InChI is InChI=1S/C46H87NO8/c1-3-5-7-9-11-13-15-17-18-19-20-21-22-23-24-26-28-30-32-34-36-42(50)47-39(38-54-46-45(53)44(52)43(51)41(37-48)55-46)40(49)35-33-31-29-27-25-16-14-12-10-8-6-4-2/h17-18,33,35,39-41,43-46,48-49,51-53H,3-16,19-32,34,36-38H2,1-2H3,(H,47,50). The second-order valence-electron chi connectivity index (χ2n) is 16.2. The molecule has 7 unspecified atom stereocenters. The Labute approximate surface area is 337 Å². The molecule has 9 nitrogen and oxygen atoms in total. The van der Waals surface area contributed by atoms with Crippen molar-refractivity contribution in [3.8, 4) is 0 Å². The molecule has 1 fully saturated rings. The molecule has 0 spiro atoms. The molecule has 55 heavy (non-hydrogen) atoms. The number of carbonyl (C=O) groups excluding carboxylic acids is 1. The van der Waals surface area contributed by atoms with Crippen LogP contribution in [-0.4, -0.2) is 87.5 Å². The molecule has 0 saturated carbocycles. The molecule has 6 N–H and O–H groups in total. The third-order valence-electron chi connectivity index (χ3n) is 11.0. The lowest BCUT2D eigenvalue weighted by atomic mass is 9.99. The van der Waals surface area contributed by atoms with Crippen LogP contribution in [0.25, 0.3) is 0 Å². The molecule has 1 saturated heterocycles. The van der Waals surface area contributed by atoms with Crippen molar-refractivity contribution in [3.05, 3.63) is 24.3 Å². The Kier molecular flexibility index (Phi) is 34.7. The van der Waals surface area contributed by atoms with Gasteiger partial charge in [-0.05, 0) is 44.9 Å². The Morgan fingerprint density at radius 1 is 0.600 bits per heavy atom. The minimum atomic E-state index is -1.56. The highest BCUT2D eigenvalue weighted by Gasteiger charge is 2.44. The van der Waals surface area contributed by atoms with E-state index in [2.05, 4.69) is 31.3 Å². The lowest BCUT2D eigenvalue weighted by Gasteiger charge is -2.40. The molecule has 1 aliphatic rings. The van der Waals surface area contributed by atoms with Gasteiger partial charge in [-0.25, -0.2) is 0 Å². The zero-order valence-electron chi connectivity index (χ0n) is 35.4. The number of carbonyl (C=O) groups is 1. The average Bonchev–Trinajstić information content (AvgIpc) is 3.18. The quantitative estimate of drug-likeness (QED) is 0.0268. The highest BCUT2D eigenvalue weighted by atomic mass is 16.7. The first-order valence-corrected chi connectivity index (χ1v) is 23.1. The molecule has 1 aliphatic heterocycles. The molecule has 324 valence electrons. The number of aliphatic hydroxyl groups excluding tert-OH is 5. The highest BCUT2D eigenvalue weighted by Crippen LogP contribution is 2.22. The van der Waals surface area contributed by atoms with Gasteiger partial charge in [0.2, 0.25) is 5.91 Å². The summed E-state index contributed by atoms with van der Waals surface area (Å²) in [7, 11) is 0. The lowest BCUT2D eigenvalue weighted by Crippen LogP contribution is -2.60. The maximum Gasteiger partial charge on any atom is 0.220 e. The van der Waals surface area contributed by atoms with Gasteiger partial charge in [-0.15, -0.1) is 0 Å². The molecular weight excluding hydrogens is 695 g/mol. The summed E-state index contributed by atoms with van der Waals surface area (Å²) < 4.78 is 11.2. The van der Waals surface area contributed by atoms with E-state index in [-0.39, 0.29) is 12.5 Å². The Morgan fingerprint density at radius 2 is 1.02 bits per heavy atom. The monoisotopic (exact) mass is 782 g/mol. The van der Waals surface area contributed by atoms with Crippen LogP contribution in [0.2, 0.25) is 0 Å². The zero-order valence-corrected chi connectivity index (χ0v) is 35.4. The molecule has 0 aromatic carbocycles. The molecule has 9 heteroatoms. The van der Waals surface area contributed by atoms with Crippen molar-refractivity contribution in [3.63, 3.8) is 0 Å². The van der Waals surface area contributed by atoms with Crippen LogP contribution in [0.3, 0.4) is 0 Å².